The average molecular weight is 467 g/mol. The number of ether oxygens (including phenoxy) is 1. The van der Waals surface area contributed by atoms with Crippen molar-refractivity contribution in [1.82, 2.24) is 9.78 Å². The van der Waals surface area contributed by atoms with Crippen molar-refractivity contribution >= 4 is 40.7 Å². The number of benzene rings is 3. The fourth-order valence-electron chi connectivity index (χ4n) is 3.09. The van der Waals surface area contributed by atoms with Crippen molar-refractivity contribution in [2.45, 2.75) is 0 Å². The first-order valence-electron chi connectivity index (χ1n) is 9.77. The SMILES string of the molecule is CN(C)c1nn(C(=O)Nc2ccc(Cl)cc2Cl)cc1-c1ccc(Oc2ccccc2)cc1. The molecule has 0 unspecified atom stereocenters. The summed E-state index contributed by atoms with van der Waals surface area (Å²) in [5, 5.41) is 8.04. The number of amides is 1. The van der Waals surface area contributed by atoms with Gasteiger partial charge in [-0.25, -0.2) is 4.79 Å². The molecular weight excluding hydrogens is 447 g/mol. The lowest BCUT2D eigenvalue weighted by molar-refractivity contribution is 0.251. The van der Waals surface area contributed by atoms with E-state index in [1.807, 2.05) is 73.6 Å². The number of nitrogens with one attached hydrogen (secondary N) is 1. The second kappa shape index (κ2) is 9.34. The van der Waals surface area contributed by atoms with Crippen LogP contribution in [0.15, 0.2) is 79.0 Å². The fourth-order valence-corrected chi connectivity index (χ4v) is 3.55. The van der Waals surface area contributed by atoms with Crippen LogP contribution in [-0.4, -0.2) is 29.9 Å². The zero-order valence-corrected chi connectivity index (χ0v) is 18.9. The summed E-state index contributed by atoms with van der Waals surface area (Å²) in [6.07, 6.45) is 1.68. The maximum Gasteiger partial charge on any atom is 0.346 e. The molecule has 0 aliphatic heterocycles. The molecule has 1 aromatic heterocycles. The molecule has 4 aromatic rings. The summed E-state index contributed by atoms with van der Waals surface area (Å²) < 4.78 is 7.11. The van der Waals surface area contributed by atoms with Crippen LogP contribution in [0.1, 0.15) is 0 Å². The van der Waals surface area contributed by atoms with Crippen LogP contribution in [0.2, 0.25) is 10.0 Å². The van der Waals surface area contributed by atoms with Gasteiger partial charge in [-0.3, -0.25) is 0 Å². The van der Waals surface area contributed by atoms with Crippen molar-refractivity contribution in [2.75, 3.05) is 24.3 Å². The van der Waals surface area contributed by atoms with Gasteiger partial charge in [0.15, 0.2) is 5.82 Å². The first kappa shape index (κ1) is 21.7. The van der Waals surface area contributed by atoms with Crippen LogP contribution in [0.5, 0.6) is 11.5 Å². The number of carbonyl (C=O) groups is 1. The molecule has 4 rings (SSSR count). The van der Waals surface area contributed by atoms with Gasteiger partial charge in [-0.15, -0.1) is 5.10 Å². The Morgan fingerprint density at radius 3 is 2.31 bits per heavy atom. The van der Waals surface area contributed by atoms with E-state index >= 15 is 0 Å². The maximum absolute atomic E-state index is 12.8. The summed E-state index contributed by atoms with van der Waals surface area (Å²) in [5.41, 5.74) is 2.16. The Hall–Kier alpha value is -3.48. The average Bonchev–Trinajstić information content (AvgIpc) is 3.23. The highest BCUT2D eigenvalue weighted by atomic mass is 35.5. The van der Waals surface area contributed by atoms with Crippen molar-refractivity contribution in [3.8, 4) is 22.6 Å². The highest BCUT2D eigenvalue weighted by molar-refractivity contribution is 6.36. The third-order valence-electron chi connectivity index (χ3n) is 4.64. The van der Waals surface area contributed by atoms with Crippen LogP contribution in [0.25, 0.3) is 11.1 Å². The summed E-state index contributed by atoms with van der Waals surface area (Å²) in [6, 6.07) is 21.6. The summed E-state index contributed by atoms with van der Waals surface area (Å²) in [4.78, 5) is 14.6. The Balaban J connectivity index is 1.58. The predicted octanol–water partition coefficient (Wildman–Crippen LogP) is 6.80. The first-order chi connectivity index (χ1) is 15.4. The molecule has 0 radical (unpaired) electrons. The van der Waals surface area contributed by atoms with Crippen LogP contribution in [0.4, 0.5) is 16.3 Å². The lowest BCUT2D eigenvalue weighted by Gasteiger charge is -2.11. The third kappa shape index (κ3) is 4.88. The Labute approximate surface area is 195 Å². The molecule has 0 bridgehead atoms. The Bertz CT molecular complexity index is 1240. The van der Waals surface area contributed by atoms with E-state index in [-0.39, 0.29) is 0 Å². The van der Waals surface area contributed by atoms with Gasteiger partial charge in [-0.05, 0) is 48.0 Å². The van der Waals surface area contributed by atoms with Crippen molar-refractivity contribution < 1.29 is 9.53 Å². The number of hydrogen-bond acceptors (Lipinski definition) is 4. The maximum atomic E-state index is 12.8. The van der Waals surface area contributed by atoms with Crippen molar-refractivity contribution in [3.05, 3.63) is 89.0 Å². The van der Waals surface area contributed by atoms with E-state index < -0.39 is 6.03 Å². The third-order valence-corrected chi connectivity index (χ3v) is 5.19. The molecule has 0 atom stereocenters. The second-order valence-corrected chi connectivity index (χ2v) is 8.04. The topological polar surface area (TPSA) is 59.4 Å². The van der Waals surface area contributed by atoms with Crippen LogP contribution < -0.4 is 15.0 Å². The summed E-state index contributed by atoms with van der Waals surface area (Å²) in [5.74, 6) is 2.13. The van der Waals surface area contributed by atoms with E-state index in [1.165, 1.54) is 4.68 Å². The molecule has 0 spiro atoms. The minimum absolute atomic E-state index is 0.347. The van der Waals surface area contributed by atoms with Gasteiger partial charge in [0.25, 0.3) is 0 Å². The van der Waals surface area contributed by atoms with Gasteiger partial charge in [-0.2, -0.15) is 4.68 Å². The van der Waals surface area contributed by atoms with Gasteiger partial charge in [0, 0.05) is 30.9 Å². The number of anilines is 2. The molecule has 0 aliphatic rings. The number of hydrogen-bond donors (Lipinski definition) is 1. The lowest BCUT2D eigenvalue weighted by atomic mass is 10.1. The van der Waals surface area contributed by atoms with Gasteiger partial charge in [0.05, 0.1) is 10.7 Å². The molecule has 0 saturated heterocycles. The van der Waals surface area contributed by atoms with Gasteiger partial charge in [0.2, 0.25) is 0 Å². The smallest absolute Gasteiger partial charge is 0.346 e. The lowest BCUT2D eigenvalue weighted by Crippen LogP contribution is -2.21. The summed E-state index contributed by atoms with van der Waals surface area (Å²) in [7, 11) is 3.74. The Morgan fingerprint density at radius 1 is 0.969 bits per heavy atom. The molecular formula is C24H20Cl2N4O2. The molecule has 8 heteroatoms. The number of nitrogens with zero attached hydrogens (tertiary/aromatic N) is 3. The minimum Gasteiger partial charge on any atom is -0.457 e. The molecule has 32 heavy (non-hydrogen) atoms. The van der Waals surface area contributed by atoms with Crippen LogP contribution >= 0.6 is 23.2 Å². The zero-order chi connectivity index (χ0) is 22.7. The number of rotatable bonds is 5. The standard InChI is InChI=1S/C24H20Cl2N4O2/c1-29(2)23-20(16-8-11-19(12-9-16)32-18-6-4-3-5-7-18)15-30(28-23)24(31)27-22-13-10-17(25)14-21(22)26/h3-15H,1-2H3,(H,27,31). The van der Waals surface area contributed by atoms with E-state index in [1.54, 1.807) is 24.4 Å². The van der Waals surface area contributed by atoms with E-state index in [0.717, 1.165) is 16.9 Å². The normalized spacial score (nSPS) is 10.6. The minimum atomic E-state index is -0.437. The second-order valence-electron chi connectivity index (χ2n) is 7.20. The van der Waals surface area contributed by atoms with Gasteiger partial charge in [-0.1, -0.05) is 53.5 Å². The highest BCUT2D eigenvalue weighted by Crippen LogP contribution is 2.32. The van der Waals surface area contributed by atoms with E-state index in [4.69, 9.17) is 27.9 Å². The van der Waals surface area contributed by atoms with Gasteiger partial charge in [0.1, 0.15) is 11.5 Å². The fraction of sp³-hybridized carbons (Fsp3) is 0.0833. The summed E-state index contributed by atoms with van der Waals surface area (Å²) >= 11 is 12.1. The molecule has 6 nitrogen and oxygen atoms in total. The Kier molecular flexibility index (Phi) is 6.35. The van der Waals surface area contributed by atoms with Crippen LogP contribution in [0.3, 0.4) is 0 Å². The van der Waals surface area contributed by atoms with Gasteiger partial charge >= 0.3 is 6.03 Å². The monoisotopic (exact) mass is 466 g/mol. The Morgan fingerprint density at radius 2 is 1.66 bits per heavy atom. The number of aromatic nitrogens is 2. The quantitative estimate of drug-likeness (QED) is 0.351. The molecule has 0 saturated carbocycles. The molecule has 3 aromatic carbocycles. The molecule has 1 amide bonds. The number of para-hydroxylation sites is 1. The largest absolute Gasteiger partial charge is 0.457 e. The van der Waals surface area contributed by atoms with Gasteiger partial charge < -0.3 is 15.0 Å². The molecule has 1 heterocycles. The first-order valence-corrected chi connectivity index (χ1v) is 10.5. The van der Waals surface area contributed by atoms with Crippen LogP contribution in [0, 0.1) is 0 Å². The van der Waals surface area contributed by atoms with Crippen molar-refractivity contribution in [1.29, 1.82) is 0 Å². The van der Waals surface area contributed by atoms with E-state index in [0.29, 0.717) is 27.3 Å². The van der Waals surface area contributed by atoms with Crippen LogP contribution in [-0.2, 0) is 0 Å². The molecule has 162 valence electrons. The highest BCUT2D eigenvalue weighted by Gasteiger charge is 2.17. The molecule has 0 aliphatic carbocycles. The zero-order valence-electron chi connectivity index (χ0n) is 17.4. The van der Waals surface area contributed by atoms with E-state index in [9.17, 15) is 4.79 Å². The summed E-state index contributed by atoms with van der Waals surface area (Å²) in [6.45, 7) is 0. The van der Waals surface area contributed by atoms with Crippen molar-refractivity contribution in [2.24, 2.45) is 0 Å². The van der Waals surface area contributed by atoms with E-state index in [2.05, 4.69) is 10.4 Å². The van der Waals surface area contributed by atoms with Crippen molar-refractivity contribution in [3.63, 3.8) is 0 Å². The molecule has 1 N–H and O–H groups in total. The number of halogens is 2. The predicted molar refractivity (Wildman–Crippen MR) is 129 cm³/mol. The number of carbonyl (C=O) groups excluding carboxylic acids is 1. The molecule has 0 fully saturated rings.